The number of carbonyl (C=O) groups excluding carboxylic acids is 1. The molecule has 0 rings (SSSR count). The van der Waals surface area contributed by atoms with Gasteiger partial charge < -0.3 is 19.8 Å². The van der Waals surface area contributed by atoms with Gasteiger partial charge in [-0.2, -0.15) is 0 Å². The van der Waals surface area contributed by atoms with Gasteiger partial charge in [-0.25, -0.2) is 4.57 Å². The van der Waals surface area contributed by atoms with Crippen LogP contribution in [0.5, 0.6) is 0 Å². The molecule has 0 fully saturated rings. The van der Waals surface area contributed by atoms with Crippen molar-refractivity contribution in [1.29, 1.82) is 0 Å². The standard InChI is InChI=1S/C77H137N2O6P/c1-6-8-10-12-14-16-18-20-22-24-26-28-30-32-34-35-36-37-38-39-40-41-42-43-45-47-49-51-53-55-57-59-61-63-65-67-69-71-77(81)78-75(74-85-86(82,83)84-73-72-79(3,4)5)76(80)70-68-66-64-62-60-58-56-54-52-50-48-46-44-33-31-29-27-25-23-21-19-17-15-13-11-9-7-2/h8,10,14,16,20,22,26,28,32,34,36-37,39-40,52,54,60,62,68,70,75-76,80H,6-7,9,11-13,15,17-19,21,23-25,27,29-31,33,35,38,41-51,53,55-59,61,63-67,69,71-74H2,1-5H3,(H-,78,81,82,83)/p+1/b10-8-,16-14-,22-20-,28-26-,34-32-,37-36-,40-39-,54-52+,62-60+,70-68+. The third-order valence-electron chi connectivity index (χ3n) is 15.6. The minimum atomic E-state index is -4.37. The zero-order valence-corrected chi connectivity index (χ0v) is 57.7. The quantitative estimate of drug-likeness (QED) is 0.0243. The van der Waals surface area contributed by atoms with E-state index >= 15 is 0 Å². The fourth-order valence-corrected chi connectivity index (χ4v) is 10.9. The first-order chi connectivity index (χ1) is 42.0. The predicted molar refractivity (Wildman–Crippen MR) is 378 cm³/mol. The Morgan fingerprint density at radius 2 is 0.709 bits per heavy atom. The molecule has 0 saturated carbocycles. The molecule has 9 heteroatoms. The summed E-state index contributed by atoms with van der Waals surface area (Å²) in [4.78, 5) is 23.4. The van der Waals surface area contributed by atoms with Gasteiger partial charge in [0.2, 0.25) is 5.91 Å². The van der Waals surface area contributed by atoms with Crippen molar-refractivity contribution in [2.24, 2.45) is 0 Å². The first kappa shape index (κ1) is 82.9. The first-order valence-electron chi connectivity index (χ1n) is 35.9. The number of phosphoric acid groups is 1. The fraction of sp³-hybridized carbons (Fsp3) is 0.727. The minimum absolute atomic E-state index is 0.0494. The van der Waals surface area contributed by atoms with Gasteiger partial charge in [0, 0.05) is 6.42 Å². The highest BCUT2D eigenvalue weighted by molar-refractivity contribution is 7.47. The van der Waals surface area contributed by atoms with Gasteiger partial charge in [0.15, 0.2) is 0 Å². The Morgan fingerprint density at radius 3 is 1.07 bits per heavy atom. The second-order valence-electron chi connectivity index (χ2n) is 25.2. The molecule has 0 aliphatic rings. The first-order valence-corrected chi connectivity index (χ1v) is 37.4. The summed E-state index contributed by atoms with van der Waals surface area (Å²) in [5.41, 5.74) is 0. The summed E-state index contributed by atoms with van der Waals surface area (Å²) in [5.74, 6) is -0.192. The maximum absolute atomic E-state index is 13.1. The molecule has 0 aliphatic heterocycles. The lowest BCUT2D eigenvalue weighted by atomic mass is 10.0. The van der Waals surface area contributed by atoms with Gasteiger partial charge in [0.05, 0.1) is 39.9 Å². The number of phosphoric ester groups is 1. The zero-order valence-electron chi connectivity index (χ0n) is 56.8. The lowest BCUT2D eigenvalue weighted by molar-refractivity contribution is -0.870. The van der Waals surface area contributed by atoms with Crippen molar-refractivity contribution in [2.75, 3.05) is 40.9 Å². The number of hydrogen-bond donors (Lipinski definition) is 3. The van der Waals surface area contributed by atoms with Crippen LogP contribution in [-0.2, 0) is 18.4 Å². The van der Waals surface area contributed by atoms with E-state index in [0.717, 1.165) is 89.9 Å². The van der Waals surface area contributed by atoms with Crippen molar-refractivity contribution in [1.82, 2.24) is 5.32 Å². The fourth-order valence-electron chi connectivity index (χ4n) is 10.1. The summed E-state index contributed by atoms with van der Waals surface area (Å²) in [6, 6.07) is -0.878. The number of amides is 1. The Bertz CT molecular complexity index is 1820. The van der Waals surface area contributed by atoms with Gasteiger partial charge in [0.25, 0.3) is 0 Å². The number of unbranched alkanes of at least 4 members (excludes halogenated alkanes) is 34. The van der Waals surface area contributed by atoms with Crippen molar-refractivity contribution in [3.63, 3.8) is 0 Å². The van der Waals surface area contributed by atoms with E-state index in [1.165, 1.54) is 199 Å². The van der Waals surface area contributed by atoms with Crippen LogP contribution >= 0.6 is 7.82 Å². The van der Waals surface area contributed by atoms with E-state index in [2.05, 4.69) is 129 Å². The molecule has 0 radical (unpaired) electrons. The van der Waals surface area contributed by atoms with Crippen LogP contribution in [0.25, 0.3) is 0 Å². The molecule has 8 nitrogen and oxygen atoms in total. The van der Waals surface area contributed by atoms with E-state index in [0.29, 0.717) is 17.4 Å². The molecule has 3 atom stereocenters. The molecular formula is C77H138N2O6P+. The largest absolute Gasteiger partial charge is 0.472 e. The van der Waals surface area contributed by atoms with Gasteiger partial charge in [-0.3, -0.25) is 13.8 Å². The minimum Gasteiger partial charge on any atom is -0.387 e. The molecule has 0 spiro atoms. The molecule has 0 saturated heterocycles. The zero-order chi connectivity index (χ0) is 62.6. The van der Waals surface area contributed by atoms with E-state index in [4.69, 9.17) is 9.05 Å². The van der Waals surface area contributed by atoms with Crippen molar-refractivity contribution < 1.29 is 32.9 Å². The number of rotatable bonds is 65. The van der Waals surface area contributed by atoms with Crippen LogP contribution < -0.4 is 5.32 Å². The van der Waals surface area contributed by atoms with Crippen LogP contribution in [-0.4, -0.2) is 73.4 Å². The molecule has 86 heavy (non-hydrogen) atoms. The molecule has 0 aromatic rings. The Hall–Kier alpha value is -3.10. The SMILES string of the molecule is CC/C=C\C/C=C\C/C=C\C/C=C\C/C=C\C/C=C\C/C=C\CCCCCCCCCCCCCCCCCC(=O)NC(COP(=O)(O)OCC[N+](C)(C)C)C(O)/C=C/CC/C=C/CC/C=C/CCCCCCCCCCCCCCCCCCC. The van der Waals surface area contributed by atoms with E-state index in [1.54, 1.807) is 6.08 Å². The summed E-state index contributed by atoms with van der Waals surface area (Å²) in [6.07, 6.45) is 99.3. The highest BCUT2D eigenvalue weighted by Gasteiger charge is 2.28. The van der Waals surface area contributed by atoms with E-state index in [-0.39, 0.29) is 19.1 Å². The molecule has 3 unspecified atom stereocenters. The highest BCUT2D eigenvalue weighted by atomic mass is 31.2. The van der Waals surface area contributed by atoms with Gasteiger partial charge in [-0.05, 0) is 103 Å². The average Bonchev–Trinajstić information content (AvgIpc) is 3.70. The van der Waals surface area contributed by atoms with Crippen LogP contribution in [0.15, 0.2) is 122 Å². The maximum atomic E-state index is 13.1. The van der Waals surface area contributed by atoms with Gasteiger partial charge in [-0.1, -0.05) is 322 Å². The molecule has 0 heterocycles. The number of nitrogens with one attached hydrogen (secondary N) is 1. The van der Waals surface area contributed by atoms with E-state index < -0.39 is 20.0 Å². The maximum Gasteiger partial charge on any atom is 0.472 e. The molecule has 0 aromatic carbocycles. The van der Waals surface area contributed by atoms with Crippen molar-refractivity contribution in [2.45, 2.75) is 321 Å². The van der Waals surface area contributed by atoms with Gasteiger partial charge in [-0.15, -0.1) is 0 Å². The lowest BCUT2D eigenvalue weighted by Gasteiger charge is -2.25. The summed E-state index contributed by atoms with van der Waals surface area (Å²) >= 11 is 0. The van der Waals surface area contributed by atoms with Crippen molar-refractivity contribution in [3.05, 3.63) is 122 Å². The normalized spacial score (nSPS) is 14.4. The molecule has 1 amide bonds. The summed E-state index contributed by atoms with van der Waals surface area (Å²) in [5, 5.41) is 14.0. The molecular weight excluding hydrogens is 1080 g/mol. The highest BCUT2D eigenvalue weighted by Crippen LogP contribution is 2.43. The third-order valence-corrected chi connectivity index (χ3v) is 16.6. The van der Waals surface area contributed by atoms with Crippen LogP contribution in [0.3, 0.4) is 0 Å². The van der Waals surface area contributed by atoms with Gasteiger partial charge in [0.1, 0.15) is 13.2 Å². The summed E-state index contributed by atoms with van der Waals surface area (Å²) < 4.78 is 23.8. The number of aliphatic hydroxyl groups is 1. The smallest absolute Gasteiger partial charge is 0.387 e. The Labute approximate surface area is 533 Å². The second-order valence-corrected chi connectivity index (χ2v) is 26.7. The van der Waals surface area contributed by atoms with Crippen LogP contribution in [0.2, 0.25) is 0 Å². The average molecular weight is 1220 g/mol. The molecule has 0 aliphatic carbocycles. The lowest BCUT2D eigenvalue weighted by Crippen LogP contribution is -2.45. The molecule has 0 aromatic heterocycles. The summed E-state index contributed by atoms with van der Waals surface area (Å²) in [6.45, 7) is 4.69. The van der Waals surface area contributed by atoms with Crippen LogP contribution in [0, 0.1) is 0 Å². The van der Waals surface area contributed by atoms with Gasteiger partial charge >= 0.3 is 7.82 Å². The second kappa shape index (κ2) is 66.3. The number of likely N-dealkylation sites (N-methyl/N-ethyl adjacent to an activating group) is 1. The number of aliphatic hydroxyl groups excluding tert-OH is 1. The predicted octanol–water partition coefficient (Wildman–Crippen LogP) is 23.2. The number of nitrogens with zero attached hydrogens (tertiary/aromatic N) is 1. The summed E-state index contributed by atoms with van der Waals surface area (Å²) in [7, 11) is 1.54. The Kier molecular flexibility index (Phi) is 63.9. The van der Waals surface area contributed by atoms with Crippen LogP contribution in [0.1, 0.15) is 309 Å². The van der Waals surface area contributed by atoms with Crippen LogP contribution in [0.4, 0.5) is 0 Å². The number of hydrogen-bond acceptors (Lipinski definition) is 5. The molecule has 3 N–H and O–H groups in total. The Balaban J connectivity index is 4.12. The molecule has 0 bridgehead atoms. The third kappa shape index (κ3) is 68.4. The van der Waals surface area contributed by atoms with E-state index in [1.807, 2.05) is 27.2 Å². The van der Waals surface area contributed by atoms with E-state index in [9.17, 15) is 19.4 Å². The molecule has 496 valence electrons. The van der Waals surface area contributed by atoms with Crippen molar-refractivity contribution >= 4 is 13.7 Å². The number of quaternary nitrogens is 1. The number of carbonyl (C=O) groups is 1. The Morgan fingerprint density at radius 1 is 0.407 bits per heavy atom. The number of allylic oxidation sites excluding steroid dienone is 19. The van der Waals surface area contributed by atoms with Crippen molar-refractivity contribution in [3.8, 4) is 0 Å². The monoisotopic (exact) mass is 1220 g/mol. The topological polar surface area (TPSA) is 105 Å².